The predicted molar refractivity (Wildman–Crippen MR) is 78.7 cm³/mol. The van der Waals surface area contributed by atoms with E-state index < -0.39 is 11.9 Å². The zero-order valence-corrected chi connectivity index (χ0v) is 12.4. The van der Waals surface area contributed by atoms with Crippen LogP contribution in [0, 0.1) is 5.82 Å². The van der Waals surface area contributed by atoms with Crippen molar-refractivity contribution in [3.8, 4) is 5.75 Å². The van der Waals surface area contributed by atoms with Crippen LogP contribution in [0.15, 0.2) is 24.3 Å². The highest BCUT2D eigenvalue weighted by Crippen LogP contribution is 2.15. The molecule has 21 heavy (non-hydrogen) atoms. The van der Waals surface area contributed by atoms with Crippen LogP contribution < -0.4 is 15.4 Å². The Balaban J connectivity index is 2.13. The summed E-state index contributed by atoms with van der Waals surface area (Å²) < 4.78 is 18.5. The van der Waals surface area contributed by atoms with Crippen molar-refractivity contribution >= 4 is 5.91 Å². The van der Waals surface area contributed by atoms with E-state index in [0.717, 1.165) is 0 Å². The molecule has 1 unspecified atom stereocenters. The Kier molecular flexibility index (Phi) is 7.71. The van der Waals surface area contributed by atoms with Gasteiger partial charge in [-0.05, 0) is 26.0 Å². The molecule has 6 heteroatoms. The number of hydrogen-bond acceptors (Lipinski definition) is 4. The minimum Gasteiger partial charge on any atom is -0.488 e. The molecule has 1 rings (SSSR count). The maximum Gasteiger partial charge on any atom is 0.221 e. The molecule has 1 amide bonds. The highest BCUT2D eigenvalue weighted by molar-refractivity contribution is 5.76. The molecular weight excluding hydrogens is 275 g/mol. The van der Waals surface area contributed by atoms with Gasteiger partial charge in [-0.2, -0.15) is 0 Å². The van der Waals surface area contributed by atoms with Crippen molar-refractivity contribution in [2.75, 3.05) is 19.7 Å². The van der Waals surface area contributed by atoms with Crippen molar-refractivity contribution in [2.45, 2.75) is 32.4 Å². The van der Waals surface area contributed by atoms with Crippen molar-refractivity contribution < 1.29 is 19.0 Å². The number of amides is 1. The summed E-state index contributed by atoms with van der Waals surface area (Å²) in [4.78, 5) is 11.4. The quantitative estimate of drug-likeness (QED) is 0.596. The van der Waals surface area contributed by atoms with Crippen molar-refractivity contribution in [1.29, 1.82) is 0 Å². The Morgan fingerprint density at radius 3 is 2.76 bits per heavy atom. The summed E-state index contributed by atoms with van der Waals surface area (Å²) in [6.07, 6.45) is -0.420. The number of aliphatic hydroxyl groups excluding tert-OH is 1. The summed E-state index contributed by atoms with van der Waals surface area (Å²) in [5, 5.41) is 15.4. The molecule has 0 saturated heterocycles. The number of rotatable bonds is 9. The molecule has 1 atom stereocenters. The molecule has 0 aliphatic carbocycles. The van der Waals surface area contributed by atoms with Crippen LogP contribution in [-0.4, -0.2) is 42.9 Å². The molecule has 0 spiro atoms. The molecular formula is C15H23FN2O3. The number of benzene rings is 1. The fourth-order valence-electron chi connectivity index (χ4n) is 1.67. The summed E-state index contributed by atoms with van der Waals surface area (Å²) >= 11 is 0. The third-order valence-corrected chi connectivity index (χ3v) is 2.63. The second kappa shape index (κ2) is 9.31. The maximum atomic E-state index is 13.3. The molecule has 0 fully saturated rings. The van der Waals surface area contributed by atoms with Gasteiger partial charge in [0.05, 0.1) is 0 Å². The second-order valence-corrected chi connectivity index (χ2v) is 5.07. The van der Waals surface area contributed by atoms with Gasteiger partial charge in [-0.25, -0.2) is 4.39 Å². The van der Waals surface area contributed by atoms with E-state index in [1.165, 1.54) is 12.1 Å². The van der Waals surface area contributed by atoms with Crippen LogP contribution in [0.4, 0.5) is 4.39 Å². The zero-order valence-electron chi connectivity index (χ0n) is 12.4. The first kappa shape index (κ1) is 17.4. The van der Waals surface area contributed by atoms with E-state index >= 15 is 0 Å². The highest BCUT2D eigenvalue weighted by Gasteiger charge is 2.08. The topological polar surface area (TPSA) is 70.6 Å². The molecule has 0 heterocycles. The Hall–Kier alpha value is -1.66. The SMILES string of the molecule is CC(C)NC(=O)CCNCC(O)COc1ccccc1F. The molecule has 0 aliphatic heterocycles. The van der Waals surface area contributed by atoms with E-state index in [9.17, 15) is 14.3 Å². The predicted octanol–water partition coefficient (Wildman–Crippen LogP) is 1.07. The summed E-state index contributed by atoms with van der Waals surface area (Å²) in [5.74, 6) is -0.370. The lowest BCUT2D eigenvalue weighted by molar-refractivity contribution is -0.121. The minimum absolute atomic E-state index is 0.00781. The number of aliphatic hydroxyl groups is 1. The van der Waals surface area contributed by atoms with Gasteiger partial charge in [0.25, 0.3) is 0 Å². The third kappa shape index (κ3) is 7.63. The summed E-state index contributed by atoms with van der Waals surface area (Å²) in [5.41, 5.74) is 0. The molecule has 0 radical (unpaired) electrons. The van der Waals surface area contributed by atoms with E-state index in [4.69, 9.17) is 4.74 Å². The monoisotopic (exact) mass is 298 g/mol. The number of carbonyl (C=O) groups is 1. The smallest absolute Gasteiger partial charge is 0.221 e. The minimum atomic E-state index is -0.766. The average Bonchev–Trinajstić information content (AvgIpc) is 2.42. The highest BCUT2D eigenvalue weighted by atomic mass is 19.1. The van der Waals surface area contributed by atoms with Gasteiger partial charge in [0.15, 0.2) is 11.6 Å². The van der Waals surface area contributed by atoms with E-state index in [2.05, 4.69) is 10.6 Å². The molecule has 3 N–H and O–H groups in total. The Labute approximate surface area is 124 Å². The zero-order chi connectivity index (χ0) is 15.7. The van der Waals surface area contributed by atoms with Gasteiger partial charge in [-0.3, -0.25) is 4.79 Å². The fraction of sp³-hybridized carbons (Fsp3) is 0.533. The molecule has 0 bridgehead atoms. The van der Waals surface area contributed by atoms with E-state index in [1.807, 2.05) is 13.8 Å². The largest absolute Gasteiger partial charge is 0.488 e. The summed E-state index contributed by atoms with van der Waals surface area (Å²) in [7, 11) is 0. The van der Waals surface area contributed by atoms with Gasteiger partial charge in [-0.1, -0.05) is 12.1 Å². The number of halogens is 1. The van der Waals surface area contributed by atoms with Gasteiger partial charge in [0.1, 0.15) is 12.7 Å². The first-order valence-electron chi connectivity index (χ1n) is 7.04. The van der Waals surface area contributed by atoms with Crippen LogP contribution in [0.1, 0.15) is 20.3 Å². The van der Waals surface area contributed by atoms with Crippen LogP contribution >= 0.6 is 0 Å². The molecule has 0 aliphatic rings. The molecule has 1 aromatic carbocycles. The maximum absolute atomic E-state index is 13.3. The van der Waals surface area contributed by atoms with Gasteiger partial charge < -0.3 is 20.5 Å². The summed E-state index contributed by atoms with van der Waals surface area (Å²) in [6, 6.07) is 6.16. The molecule has 5 nitrogen and oxygen atoms in total. The van der Waals surface area contributed by atoms with Crippen molar-refractivity contribution in [1.82, 2.24) is 10.6 Å². The van der Waals surface area contributed by atoms with Crippen LogP contribution in [-0.2, 0) is 4.79 Å². The number of carbonyl (C=O) groups excluding carboxylic acids is 1. The Bertz CT molecular complexity index is 441. The van der Waals surface area contributed by atoms with E-state index in [0.29, 0.717) is 13.0 Å². The molecule has 0 saturated carbocycles. The first-order valence-corrected chi connectivity index (χ1v) is 7.04. The average molecular weight is 298 g/mol. The number of para-hydroxylation sites is 1. The van der Waals surface area contributed by atoms with Crippen molar-refractivity contribution in [3.05, 3.63) is 30.1 Å². The molecule has 1 aromatic rings. The second-order valence-electron chi connectivity index (χ2n) is 5.07. The third-order valence-electron chi connectivity index (χ3n) is 2.63. The normalized spacial score (nSPS) is 12.2. The van der Waals surface area contributed by atoms with Gasteiger partial charge >= 0.3 is 0 Å². The molecule has 0 aromatic heterocycles. The van der Waals surface area contributed by atoms with Crippen LogP contribution in [0.25, 0.3) is 0 Å². The van der Waals surface area contributed by atoms with Gasteiger partial charge in [0.2, 0.25) is 5.91 Å². The summed E-state index contributed by atoms with van der Waals surface area (Å²) in [6.45, 7) is 4.54. The lowest BCUT2D eigenvalue weighted by atomic mass is 10.3. The Morgan fingerprint density at radius 1 is 1.38 bits per heavy atom. The lowest BCUT2D eigenvalue weighted by Gasteiger charge is -2.14. The van der Waals surface area contributed by atoms with Gasteiger partial charge in [0, 0.05) is 25.6 Å². The van der Waals surface area contributed by atoms with Crippen LogP contribution in [0.5, 0.6) is 5.75 Å². The number of ether oxygens (including phenoxy) is 1. The Morgan fingerprint density at radius 2 is 2.10 bits per heavy atom. The van der Waals surface area contributed by atoms with Crippen LogP contribution in [0.3, 0.4) is 0 Å². The molecule has 118 valence electrons. The lowest BCUT2D eigenvalue weighted by Crippen LogP contribution is -2.36. The van der Waals surface area contributed by atoms with Crippen LogP contribution in [0.2, 0.25) is 0 Å². The van der Waals surface area contributed by atoms with E-state index in [1.54, 1.807) is 12.1 Å². The number of hydrogen-bond donors (Lipinski definition) is 3. The fourth-order valence-corrected chi connectivity index (χ4v) is 1.67. The van der Waals surface area contributed by atoms with Crippen molar-refractivity contribution in [3.63, 3.8) is 0 Å². The standard InChI is InChI=1S/C15H23FN2O3/c1-11(2)18-15(20)7-8-17-9-12(19)10-21-14-6-4-3-5-13(14)16/h3-6,11-12,17,19H,7-10H2,1-2H3,(H,18,20). The van der Waals surface area contributed by atoms with E-state index in [-0.39, 0.29) is 30.9 Å². The first-order chi connectivity index (χ1) is 9.99. The van der Waals surface area contributed by atoms with Crippen molar-refractivity contribution in [2.24, 2.45) is 0 Å². The van der Waals surface area contributed by atoms with Gasteiger partial charge in [-0.15, -0.1) is 0 Å². The number of nitrogens with one attached hydrogen (secondary N) is 2.